The highest BCUT2D eigenvalue weighted by atomic mass is 32.2. The Morgan fingerprint density at radius 2 is 1.69 bits per heavy atom. The third-order valence-electron chi connectivity index (χ3n) is 0.980. The molecule has 0 fully saturated rings. The van der Waals surface area contributed by atoms with Gasteiger partial charge in [0.2, 0.25) is 0 Å². The zero-order valence-electron chi connectivity index (χ0n) is 7.27. The molecule has 0 aromatic rings. The summed E-state index contributed by atoms with van der Waals surface area (Å²) in [6, 6.07) is 0. The van der Waals surface area contributed by atoms with Crippen LogP contribution in [0, 0.1) is 0 Å². The Hall–Kier alpha value is -0.830. The van der Waals surface area contributed by atoms with Gasteiger partial charge < -0.3 is 16.6 Å². The Morgan fingerprint density at radius 3 is 1.77 bits per heavy atom. The van der Waals surface area contributed by atoms with Crippen molar-refractivity contribution in [3.63, 3.8) is 0 Å². The minimum absolute atomic E-state index is 0.115. The standard InChI is InChI=1S/C5H12N2O.H3NO3S/c1-4(2-3-8)5(6)7;1-5(2,3)4/h8H,2-3,6-7H2,1H3;(H3,1,2,3,4). The summed E-state index contributed by atoms with van der Waals surface area (Å²) in [5.41, 5.74) is 11.2. The molecule has 0 aliphatic heterocycles. The maximum atomic E-state index is 8.97. The lowest BCUT2D eigenvalue weighted by atomic mass is 10.2. The van der Waals surface area contributed by atoms with Crippen LogP contribution in [0.1, 0.15) is 13.3 Å². The van der Waals surface area contributed by atoms with Crippen LogP contribution in [-0.4, -0.2) is 24.7 Å². The maximum Gasteiger partial charge on any atom is 0.330 e. The molecule has 80 valence electrons. The molecule has 0 saturated carbocycles. The van der Waals surface area contributed by atoms with Gasteiger partial charge in [-0.3, -0.25) is 4.55 Å². The van der Waals surface area contributed by atoms with Gasteiger partial charge in [-0.05, 0) is 18.9 Å². The zero-order chi connectivity index (χ0) is 11.1. The van der Waals surface area contributed by atoms with E-state index >= 15 is 0 Å². The average Bonchev–Trinajstić information content (AvgIpc) is 1.84. The fourth-order valence-electron chi connectivity index (χ4n) is 0.312. The molecule has 0 saturated heterocycles. The fraction of sp³-hybridized carbons (Fsp3) is 0.600. The van der Waals surface area contributed by atoms with E-state index in [0.29, 0.717) is 12.2 Å². The van der Waals surface area contributed by atoms with Crippen molar-refractivity contribution in [2.45, 2.75) is 13.3 Å². The van der Waals surface area contributed by atoms with Gasteiger partial charge in [0, 0.05) is 6.61 Å². The van der Waals surface area contributed by atoms with Crippen LogP contribution in [0.3, 0.4) is 0 Å². The van der Waals surface area contributed by atoms with Gasteiger partial charge in [0.1, 0.15) is 0 Å². The van der Waals surface area contributed by atoms with E-state index in [1.54, 1.807) is 6.92 Å². The highest BCUT2D eigenvalue weighted by molar-refractivity contribution is 7.83. The summed E-state index contributed by atoms with van der Waals surface area (Å²) < 4.78 is 25.2. The smallest absolute Gasteiger partial charge is 0.330 e. The van der Waals surface area contributed by atoms with Gasteiger partial charge in [-0.25, -0.2) is 5.14 Å². The number of aliphatic hydroxyl groups is 1. The van der Waals surface area contributed by atoms with E-state index < -0.39 is 10.3 Å². The molecule has 0 aliphatic rings. The Bertz CT molecular complexity index is 247. The van der Waals surface area contributed by atoms with E-state index in [0.717, 1.165) is 5.57 Å². The second-order valence-corrected chi connectivity index (χ2v) is 3.25. The largest absolute Gasteiger partial charge is 0.396 e. The zero-order valence-corrected chi connectivity index (χ0v) is 8.08. The van der Waals surface area contributed by atoms with E-state index in [1.807, 2.05) is 0 Å². The molecule has 0 unspecified atom stereocenters. The fourth-order valence-corrected chi connectivity index (χ4v) is 0.312. The topological polar surface area (TPSA) is 153 Å². The Labute approximate surface area is 77.1 Å². The van der Waals surface area contributed by atoms with Crippen molar-refractivity contribution >= 4 is 10.3 Å². The summed E-state index contributed by atoms with van der Waals surface area (Å²) in [4.78, 5) is 0. The molecule has 8 N–H and O–H groups in total. The van der Waals surface area contributed by atoms with Gasteiger partial charge in [0.25, 0.3) is 0 Å². The normalized spacial score (nSPS) is 9.85. The van der Waals surface area contributed by atoms with E-state index in [1.165, 1.54) is 0 Å². The van der Waals surface area contributed by atoms with Crippen molar-refractivity contribution in [3.05, 3.63) is 11.4 Å². The van der Waals surface area contributed by atoms with Gasteiger partial charge in [-0.1, -0.05) is 0 Å². The first-order valence-corrected chi connectivity index (χ1v) is 4.75. The van der Waals surface area contributed by atoms with E-state index in [4.69, 9.17) is 29.5 Å². The van der Waals surface area contributed by atoms with Crippen LogP contribution in [0.5, 0.6) is 0 Å². The molecule has 0 heterocycles. The number of aliphatic hydroxyl groups excluding tert-OH is 1. The van der Waals surface area contributed by atoms with E-state index in [-0.39, 0.29) is 6.61 Å². The second kappa shape index (κ2) is 6.66. The van der Waals surface area contributed by atoms with Crippen LogP contribution < -0.4 is 16.6 Å². The van der Waals surface area contributed by atoms with E-state index in [9.17, 15) is 0 Å². The van der Waals surface area contributed by atoms with Gasteiger partial charge in [-0.2, -0.15) is 8.42 Å². The lowest BCUT2D eigenvalue weighted by Crippen LogP contribution is -2.11. The van der Waals surface area contributed by atoms with Crippen LogP contribution in [0.25, 0.3) is 0 Å². The van der Waals surface area contributed by atoms with Crippen molar-refractivity contribution < 1.29 is 18.1 Å². The van der Waals surface area contributed by atoms with Crippen LogP contribution >= 0.6 is 0 Å². The first-order valence-electron chi connectivity index (χ1n) is 3.25. The SMILES string of the molecule is CC(CCO)=C(N)N.NS(=O)(=O)O. The van der Waals surface area contributed by atoms with Crippen molar-refractivity contribution in [1.82, 2.24) is 0 Å². The predicted molar refractivity (Wildman–Crippen MR) is 48.5 cm³/mol. The van der Waals surface area contributed by atoms with Crippen molar-refractivity contribution in [1.29, 1.82) is 0 Å². The molecular weight excluding hydrogens is 198 g/mol. The summed E-state index contributed by atoms with van der Waals surface area (Å²) in [6.45, 7) is 1.91. The number of nitrogens with two attached hydrogens (primary N) is 3. The molecule has 0 spiro atoms. The lowest BCUT2D eigenvalue weighted by molar-refractivity contribution is 0.299. The molecule has 0 radical (unpaired) electrons. The third-order valence-corrected chi connectivity index (χ3v) is 0.980. The minimum Gasteiger partial charge on any atom is -0.396 e. The molecule has 0 aromatic carbocycles. The van der Waals surface area contributed by atoms with Crippen LogP contribution in [0.15, 0.2) is 11.4 Å². The Kier molecular flexibility index (Phi) is 7.52. The number of hydrogen-bond acceptors (Lipinski definition) is 5. The second-order valence-electron chi connectivity index (χ2n) is 2.22. The van der Waals surface area contributed by atoms with Crippen LogP contribution in [-0.2, 0) is 10.3 Å². The quantitative estimate of drug-likeness (QED) is 0.343. The van der Waals surface area contributed by atoms with Gasteiger partial charge in [0.05, 0.1) is 5.82 Å². The maximum absolute atomic E-state index is 8.97. The van der Waals surface area contributed by atoms with Gasteiger partial charge in [0.15, 0.2) is 0 Å². The Morgan fingerprint density at radius 1 is 1.38 bits per heavy atom. The summed E-state index contributed by atoms with van der Waals surface area (Å²) in [5.74, 6) is 0.319. The van der Waals surface area contributed by atoms with Crippen molar-refractivity contribution in [3.8, 4) is 0 Å². The molecule has 0 aromatic heterocycles. The van der Waals surface area contributed by atoms with Crippen LogP contribution in [0.2, 0.25) is 0 Å². The minimum atomic E-state index is -4.17. The monoisotopic (exact) mass is 213 g/mol. The summed E-state index contributed by atoms with van der Waals surface area (Å²) >= 11 is 0. The number of hydrogen-bond donors (Lipinski definition) is 5. The first-order chi connectivity index (χ1) is 5.68. The lowest BCUT2D eigenvalue weighted by Gasteiger charge is -1.97. The molecule has 8 heteroatoms. The highest BCUT2D eigenvalue weighted by Gasteiger charge is 1.89. The van der Waals surface area contributed by atoms with E-state index in [2.05, 4.69) is 5.14 Å². The molecule has 7 nitrogen and oxygen atoms in total. The molecule has 0 bridgehead atoms. The molecule has 0 atom stereocenters. The predicted octanol–water partition coefficient (Wildman–Crippen LogP) is -1.73. The summed E-state index contributed by atoms with van der Waals surface area (Å²) in [6.07, 6.45) is 0.572. The van der Waals surface area contributed by atoms with Gasteiger partial charge >= 0.3 is 10.3 Å². The first kappa shape index (κ1) is 14.7. The summed E-state index contributed by atoms with van der Waals surface area (Å²) in [5, 5.41) is 12.2. The molecular formula is C5H15N3O4S. The number of rotatable bonds is 2. The molecule has 0 amide bonds. The van der Waals surface area contributed by atoms with Gasteiger partial charge in [-0.15, -0.1) is 0 Å². The molecule has 13 heavy (non-hydrogen) atoms. The third kappa shape index (κ3) is 24.7. The van der Waals surface area contributed by atoms with Crippen LogP contribution in [0.4, 0.5) is 0 Å². The van der Waals surface area contributed by atoms with Crippen molar-refractivity contribution in [2.24, 2.45) is 16.6 Å². The summed E-state index contributed by atoms with van der Waals surface area (Å²) in [7, 11) is -4.17. The molecule has 0 rings (SSSR count). The highest BCUT2D eigenvalue weighted by Crippen LogP contribution is 1.96. The molecule has 0 aliphatic carbocycles. The van der Waals surface area contributed by atoms with Crippen molar-refractivity contribution in [2.75, 3.05) is 6.61 Å². The average molecular weight is 213 g/mol. The Balaban J connectivity index is 0.